The van der Waals surface area contributed by atoms with Crippen molar-refractivity contribution in [2.75, 3.05) is 13.7 Å². The van der Waals surface area contributed by atoms with Crippen LogP contribution in [0, 0.1) is 5.92 Å². The second kappa shape index (κ2) is 10.1. The van der Waals surface area contributed by atoms with E-state index in [4.69, 9.17) is 21.5 Å². The number of nitrogens with zero attached hydrogens (tertiary/aromatic N) is 1. The van der Waals surface area contributed by atoms with Gasteiger partial charge in [0.2, 0.25) is 0 Å². The Morgan fingerprint density at radius 3 is 2.45 bits per heavy atom. The standard InChI is InChI=1S/C11H19N3O6.C2H6/c1-19-9-6(12)2-5(4-15)3-7(9)14-8(10(13)16)11(17)20-18;1-2/h5,8,10,15-16,18H,2-4,12-13H2,1H3;1-2H3. The Bertz CT molecular complexity index is 422. The number of carbonyl (C=O) groups is 1. The second-order valence-electron chi connectivity index (χ2n) is 4.44. The molecule has 3 atom stereocenters. The summed E-state index contributed by atoms with van der Waals surface area (Å²) in [5.41, 5.74) is 11.7. The molecule has 0 aliphatic heterocycles. The van der Waals surface area contributed by atoms with Crippen LogP contribution < -0.4 is 11.5 Å². The van der Waals surface area contributed by atoms with Crippen molar-refractivity contribution in [3.8, 4) is 0 Å². The molecule has 22 heavy (non-hydrogen) atoms. The summed E-state index contributed by atoms with van der Waals surface area (Å²) in [4.78, 5) is 18.8. The summed E-state index contributed by atoms with van der Waals surface area (Å²) < 4.78 is 5.11. The predicted octanol–water partition coefficient (Wildman–Crippen LogP) is -0.665. The molecule has 1 aliphatic rings. The number of ether oxygens (including phenoxy) is 1. The summed E-state index contributed by atoms with van der Waals surface area (Å²) in [6, 6.07) is -1.51. The van der Waals surface area contributed by atoms with Crippen LogP contribution >= 0.6 is 0 Å². The van der Waals surface area contributed by atoms with Crippen LogP contribution in [-0.2, 0) is 14.4 Å². The molecule has 9 heteroatoms. The van der Waals surface area contributed by atoms with E-state index in [1.54, 1.807) is 0 Å². The monoisotopic (exact) mass is 319 g/mol. The van der Waals surface area contributed by atoms with Crippen molar-refractivity contribution in [2.24, 2.45) is 22.4 Å². The number of hydrogen-bond donors (Lipinski definition) is 5. The van der Waals surface area contributed by atoms with Crippen LogP contribution in [-0.4, -0.2) is 53.1 Å². The minimum Gasteiger partial charge on any atom is -0.493 e. The van der Waals surface area contributed by atoms with E-state index in [1.807, 2.05) is 13.8 Å². The van der Waals surface area contributed by atoms with Crippen molar-refractivity contribution in [3.05, 3.63) is 11.5 Å². The predicted molar refractivity (Wildman–Crippen MR) is 79.5 cm³/mol. The van der Waals surface area contributed by atoms with E-state index in [9.17, 15) is 15.0 Å². The van der Waals surface area contributed by atoms with Gasteiger partial charge in [-0.1, -0.05) is 13.8 Å². The lowest BCUT2D eigenvalue weighted by atomic mass is 9.90. The third kappa shape index (κ3) is 5.26. The van der Waals surface area contributed by atoms with Gasteiger partial charge in [-0.3, -0.25) is 9.88 Å². The van der Waals surface area contributed by atoms with Gasteiger partial charge in [-0.05, 0) is 18.8 Å². The van der Waals surface area contributed by atoms with Crippen molar-refractivity contribution < 1.29 is 29.9 Å². The maximum atomic E-state index is 11.3. The minimum absolute atomic E-state index is 0.114. The van der Waals surface area contributed by atoms with Gasteiger partial charge in [-0.15, -0.1) is 0 Å². The van der Waals surface area contributed by atoms with Gasteiger partial charge in [0, 0.05) is 6.61 Å². The molecule has 0 aromatic heterocycles. The molecule has 0 spiro atoms. The highest BCUT2D eigenvalue weighted by Gasteiger charge is 2.31. The molecule has 0 heterocycles. The zero-order valence-electron chi connectivity index (χ0n) is 13.0. The van der Waals surface area contributed by atoms with Gasteiger partial charge < -0.3 is 26.4 Å². The first-order valence-electron chi connectivity index (χ1n) is 6.94. The number of aliphatic hydroxyl groups excluding tert-OH is 2. The highest BCUT2D eigenvalue weighted by Crippen LogP contribution is 2.26. The Kier molecular flexibility index (Phi) is 9.34. The van der Waals surface area contributed by atoms with Crippen LogP contribution in [0.5, 0.6) is 0 Å². The maximum Gasteiger partial charge on any atom is 0.370 e. The molecule has 1 aliphatic carbocycles. The summed E-state index contributed by atoms with van der Waals surface area (Å²) in [5.74, 6) is -1.10. The Hall–Kier alpha value is -1.68. The van der Waals surface area contributed by atoms with Crippen LogP contribution in [0.3, 0.4) is 0 Å². The van der Waals surface area contributed by atoms with Crippen molar-refractivity contribution in [1.29, 1.82) is 0 Å². The molecule has 9 nitrogen and oxygen atoms in total. The van der Waals surface area contributed by atoms with Crippen molar-refractivity contribution in [3.63, 3.8) is 0 Å². The largest absolute Gasteiger partial charge is 0.493 e. The van der Waals surface area contributed by atoms with Crippen molar-refractivity contribution >= 4 is 11.7 Å². The Labute approximate surface area is 129 Å². The average molecular weight is 319 g/mol. The molecule has 7 N–H and O–H groups in total. The fourth-order valence-corrected chi connectivity index (χ4v) is 2.01. The van der Waals surface area contributed by atoms with Crippen LogP contribution in [0.1, 0.15) is 26.7 Å². The summed E-state index contributed by atoms with van der Waals surface area (Å²) >= 11 is 0. The van der Waals surface area contributed by atoms with E-state index in [-0.39, 0.29) is 24.0 Å². The molecule has 0 saturated carbocycles. The molecule has 128 valence electrons. The van der Waals surface area contributed by atoms with Gasteiger partial charge in [0.05, 0.1) is 18.5 Å². The molecule has 0 fully saturated rings. The molecule has 0 bridgehead atoms. The first-order chi connectivity index (χ1) is 10.4. The number of rotatable bonds is 5. The van der Waals surface area contributed by atoms with Crippen molar-refractivity contribution in [1.82, 2.24) is 0 Å². The van der Waals surface area contributed by atoms with E-state index in [0.29, 0.717) is 18.5 Å². The number of nitrogens with two attached hydrogens (primary N) is 2. The number of allylic oxidation sites excluding steroid dienone is 2. The number of methoxy groups -OCH3 is 1. The smallest absolute Gasteiger partial charge is 0.370 e. The molecule has 0 saturated heterocycles. The topological polar surface area (TPSA) is 161 Å². The van der Waals surface area contributed by atoms with Crippen LogP contribution in [0.4, 0.5) is 0 Å². The van der Waals surface area contributed by atoms with Gasteiger partial charge in [0.1, 0.15) is 6.23 Å². The van der Waals surface area contributed by atoms with Gasteiger partial charge in [0.15, 0.2) is 11.8 Å². The Balaban J connectivity index is 0.00000211. The van der Waals surface area contributed by atoms with Crippen LogP contribution in [0.2, 0.25) is 0 Å². The average Bonchev–Trinajstić information content (AvgIpc) is 2.52. The maximum absolute atomic E-state index is 11.3. The van der Waals surface area contributed by atoms with Gasteiger partial charge in [-0.2, -0.15) is 5.26 Å². The highest BCUT2D eigenvalue weighted by atomic mass is 17.1. The third-order valence-corrected chi connectivity index (χ3v) is 2.96. The molecule has 3 unspecified atom stereocenters. The lowest BCUT2D eigenvalue weighted by Gasteiger charge is -2.25. The lowest BCUT2D eigenvalue weighted by molar-refractivity contribution is -0.237. The molecule has 0 aromatic rings. The molecule has 0 amide bonds. The number of aliphatic hydroxyl groups is 2. The normalized spacial score (nSPS) is 22.5. The van der Waals surface area contributed by atoms with E-state index in [1.165, 1.54) is 7.11 Å². The number of hydrogen-bond acceptors (Lipinski definition) is 9. The fourth-order valence-electron chi connectivity index (χ4n) is 2.01. The highest BCUT2D eigenvalue weighted by molar-refractivity contribution is 6.01. The summed E-state index contributed by atoms with van der Waals surface area (Å²) in [7, 11) is 1.38. The van der Waals surface area contributed by atoms with E-state index < -0.39 is 18.2 Å². The van der Waals surface area contributed by atoms with Gasteiger partial charge >= 0.3 is 5.97 Å². The summed E-state index contributed by atoms with van der Waals surface area (Å²) in [5, 5.41) is 26.9. The zero-order chi connectivity index (χ0) is 17.3. The zero-order valence-corrected chi connectivity index (χ0v) is 13.0. The van der Waals surface area contributed by atoms with Gasteiger partial charge in [-0.25, -0.2) is 4.79 Å². The first kappa shape index (κ1) is 20.3. The molecule has 0 radical (unpaired) electrons. The number of carbonyl (C=O) groups excluding carboxylic acids is 1. The molecule has 1 rings (SSSR count). The van der Waals surface area contributed by atoms with Crippen molar-refractivity contribution in [2.45, 2.75) is 39.0 Å². The molecular formula is C13H25N3O6. The Morgan fingerprint density at radius 2 is 2.05 bits per heavy atom. The first-order valence-corrected chi connectivity index (χ1v) is 6.94. The van der Waals surface area contributed by atoms with Crippen LogP contribution in [0.15, 0.2) is 16.4 Å². The molecule has 0 aromatic carbocycles. The summed E-state index contributed by atoms with van der Waals surface area (Å²) in [6.07, 6.45) is -0.933. The minimum atomic E-state index is -1.66. The van der Waals surface area contributed by atoms with Gasteiger partial charge in [0.25, 0.3) is 0 Å². The molecular weight excluding hydrogens is 294 g/mol. The van der Waals surface area contributed by atoms with Crippen LogP contribution in [0.25, 0.3) is 0 Å². The second-order valence-corrected chi connectivity index (χ2v) is 4.44. The Morgan fingerprint density at radius 1 is 1.45 bits per heavy atom. The SMILES string of the molecule is CC.COC1=C(N)CC(CO)CC1=NC(C(=O)OO)C(N)O. The van der Waals surface area contributed by atoms with E-state index >= 15 is 0 Å². The van der Waals surface area contributed by atoms with E-state index in [2.05, 4.69) is 9.88 Å². The summed E-state index contributed by atoms with van der Waals surface area (Å²) in [6.45, 7) is 3.89. The van der Waals surface area contributed by atoms with E-state index in [0.717, 1.165) is 0 Å². The quantitative estimate of drug-likeness (QED) is 0.253. The fraction of sp³-hybridized carbons (Fsp3) is 0.692. The number of aliphatic imine (C=N–C) groups is 1. The third-order valence-electron chi connectivity index (χ3n) is 2.96. The lowest BCUT2D eigenvalue weighted by Crippen LogP contribution is -2.41.